The molecule has 1 aromatic rings. The maximum Gasteiger partial charge on any atom is 0.315 e. The van der Waals surface area contributed by atoms with Gasteiger partial charge in [-0.15, -0.1) is 6.58 Å². The Labute approximate surface area is 94.6 Å². The smallest absolute Gasteiger partial charge is 0.315 e. The van der Waals surface area contributed by atoms with Gasteiger partial charge < -0.3 is 5.11 Å². The molecule has 0 saturated heterocycles. The zero-order valence-electron chi connectivity index (χ0n) is 9.22. The van der Waals surface area contributed by atoms with Crippen LogP contribution in [0.25, 0.3) is 0 Å². The number of allylic oxidation sites excluding steroid dienone is 1. The Morgan fingerprint density at radius 2 is 2.31 bits per heavy atom. The van der Waals surface area contributed by atoms with E-state index in [1.807, 2.05) is 6.07 Å². The average molecular weight is 220 g/mol. The summed E-state index contributed by atoms with van der Waals surface area (Å²) in [4.78, 5) is 11.5. The van der Waals surface area contributed by atoms with Crippen LogP contribution in [0.2, 0.25) is 0 Å². The highest BCUT2D eigenvalue weighted by atomic mass is 16.4. The first-order valence-electron chi connectivity index (χ1n) is 5.57. The molecule has 1 N–H and O–H groups in total. The lowest BCUT2D eigenvalue weighted by atomic mass is 9.82. The van der Waals surface area contributed by atoms with Crippen LogP contribution < -0.4 is 0 Å². The van der Waals surface area contributed by atoms with Crippen LogP contribution in [0.15, 0.2) is 24.9 Å². The van der Waals surface area contributed by atoms with Crippen molar-refractivity contribution in [2.24, 2.45) is 0 Å². The summed E-state index contributed by atoms with van der Waals surface area (Å²) in [5.74, 6) is -0.726. The summed E-state index contributed by atoms with van der Waals surface area (Å²) in [5.41, 5.74) is 0.0943. The second-order valence-corrected chi connectivity index (χ2v) is 4.28. The highest BCUT2D eigenvalue weighted by molar-refractivity contribution is 5.81. The third-order valence-electron chi connectivity index (χ3n) is 3.38. The van der Waals surface area contributed by atoms with E-state index >= 15 is 0 Å². The highest BCUT2D eigenvalue weighted by Gasteiger charge is 2.45. The van der Waals surface area contributed by atoms with Crippen molar-refractivity contribution < 1.29 is 9.90 Å². The maximum atomic E-state index is 11.5. The van der Waals surface area contributed by atoms with E-state index in [9.17, 15) is 9.90 Å². The fourth-order valence-corrected chi connectivity index (χ4v) is 2.57. The maximum absolute atomic E-state index is 11.5. The van der Waals surface area contributed by atoms with Crippen LogP contribution in [0.1, 0.15) is 31.4 Å². The van der Waals surface area contributed by atoms with Gasteiger partial charge >= 0.3 is 5.97 Å². The molecule has 0 amide bonds. The van der Waals surface area contributed by atoms with Crippen molar-refractivity contribution in [1.82, 2.24) is 9.78 Å². The van der Waals surface area contributed by atoms with Gasteiger partial charge in [-0.05, 0) is 18.9 Å². The van der Waals surface area contributed by atoms with Gasteiger partial charge in [-0.1, -0.05) is 18.9 Å². The molecular weight excluding hydrogens is 204 g/mol. The molecule has 0 bridgehead atoms. The van der Waals surface area contributed by atoms with E-state index in [0.29, 0.717) is 19.4 Å². The van der Waals surface area contributed by atoms with Gasteiger partial charge in [0.25, 0.3) is 0 Å². The Balaban J connectivity index is 2.42. The van der Waals surface area contributed by atoms with Crippen molar-refractivity contribution in [1.29, 1.82) is 0 Å². The molecule has 0 aliphatic heterocycles. The Morgan fingerprint density at radius 1 is 1.62 bits per heavy atom. The number of carbonyl (C=O) groups is 1. The zero-order valence-corrected chi connectivity index (χ0v) is 9.22. The topological polar surface area (TPSA) is 55.1 Å². The second kappa shape index (κ2) is 4.12. The Hall–Kier alpha value is -1.58. The standard InChI is InChI=1S/C12H16N2O2/c1-2-9-14-10(5-8-13-14)12(11(15)16)6-3-4-7-12/h2,5,8H,1,3-4,6-7,9H2,(H,15,16). The molecular formula is C12H16N2O2. The van der Waals surface area contributed by atoms with Crippen molar-refractivity contribution in [3.8, 4) is 0 Å². The minimum atomic E-state index is -0.726. The third kappa shape index (κ3) is 1.54. The molecule has 0 spiro atoms. The molecule has 4 heteroatoms. The van der Waals surface area contributed by atoms with Crippen molar-refractivity contribution >= 4 is 5.97 Å². The summed E-state index contributed by atoms with van der Waals surface area (Å²) in [6.07, 6.45) is 6.79. The van der Waals surface area contributed by atoms with Gasteiger partial charge in [0.05, 0.1) is 12.2 Å². The van der Waals surface area contributed by atoms with Crippen LogP contribution in [0.4, 0.5) is 0 Å². The molecule has 1 saturated carbocycles. The van der Waals surface area contributed by atoms with Crippen molar-refractivity contribution in [2.75, 3.05) is 0 Å². The summed E-state index contributed by atoms with van der Waals surface area (Å²) >= 11 is 0. The molecule has 0 radical (unpaired) electrons. The number of hydrogen-bond acceptors (Lipinski definition) is 2. The van der Waals surface area contributed by atoms with E-state index in [-0.39, 0.29) is 0 Å². The third-order valence-corrected chi connectivity index (χ3v) is 3.38. The fraction of sp³-hybridized carbons (Fsp3) is 0.500. The molecule has 1 heterocycles. The van der Waals surface area contributed by atoms with E-state index in [2.05, 4.69) is 11.7 Å². The SMILES string of the molecule is C=CCn1nccc1C1(C(=O)O)CCCC1. The van der Waals surface area contributed by atoms with Gasteiger partial charge in [-0.25, -0.2) is 0 Å². The van der Waals surface area contributed by atoms with Gasteiger partial charge in [0, 0.05) is 6.20 Å². The second-order valence-electron chi connectivity index (χ2n) is 4.28. The summed E-state index contributed by atoms with van der Waals surface area (Å²) < 4.78 is 1.74. The van der Waals surface area contributed by atoms with Crippen molar-refractivity contribution in [3.05, 3.63) is 30.6 Å². The van der Waals surface area contributed by atoms with E-state index < -0.39 is 11.4 Å². The Morgan fingerprint density at radius 3 is 2.88 bits per heavy atom. The largest absolute Gasteiger partial charge is 0.481 e. The minimum absolute atomic E-state index is 0.567. The number of nitrogens with zero attached hydrogens (tertiary/aromatic N) is 2. The predicted octanol–water partition coefficient (Wildman–Crippen LogP) is 1.97. The Kier molecular flexibility index (Phi) is 2.81. The van der Waals surface area contributed by atoms with Gasteiger partial charge in [0.2, 0.25) is 0 Å². The molecule has 1 aromatic heterocycles. The quantitative estimate of drug-likeness (QED) is 0.789. The first kappa shape index (κ1) is 10.9. The zero-order chi connectivity index (χ0) is 11.6. The fourth-order valence-electron chi connectivity index (χ4n) is 2.57. The summed E-state index contributed by atoms with van der Waals surface area (Å²) in [6.45, 7) is 4.23. The van der Waals surface area contributed by atoms with Crippen LogP contribution in [-0.4, -0.2) is 20.9 Å². The molecule has 0 unspecified atom stereocenters. The molecule has 0 atom stereocenters. The monoisotopic (exact) mass is 220 g/mol. The summed E-state index contributed by atoms with van der Waals surface area (Å²) in [5, 5.41) is 13.6. The number of hydrogen-bond donors (Lipinski definition) is 1. The van der Waals surface area contributed by atoms with Gasteiger partial charge in [-0.2, -0.15) is 5.10 Å². The van der Waals surface area contributed by atoms with Gasteiger partial charge in [-0.3, -0.25) is 9.48 Å². The number of carboxylic acid groups (broad SMARTS) is 1. The van der Waals surface area contributed by atoms with Gasteiger partial charge in [0.1, 0.15) is 5.41 Å². The molecule has 0 aromatic carbocycles. The lowest BCUT2D eigenvalue weighted by Gasteiger charge is -2.24. The Bertz CT molecular complexity index is 403. The molecule has 2 rings (SSSR count). The first-order valence-corrected chi connectivity index (χ1v) is 5.57. The van der Waals surface area contributed by atoms with Crippen LogP contribution in [-0.2, 0) is 16.8 Å². The molecule has 4 nitrogen and oxygen atoms in total. The number of aromatic nitrogens is 2. The molecule has 1 aliphatic carbocycles. The van der Waals surface area contributed by atoms with Crippen LogP contribution in [0.3, 0.4) is 0 Å². The highest BCUT2D eigenvalue weighted by Crippen LogP contribution is 2.41. The first-order chi connectivity index (χ1) is 7.70. The number of carboxylic acids is 1. The van der Waals surface area contributed by atoms with E-state index in [1.165, 1.54) is 0 Å². The van der Waals surface area contributed by atoms with Gasteiger partial charge in [0.15, 0.2) is 0 Å². The van der Waals surface area contributed by atoms with Crippen LogP contribution in [0, 0.1) is 0 Å². The summed E-state index contributed by atoms with van der Waals surface area (Å²) in [6, 6.07) is 1.82. The molecule has 1 fully saturated rings. The van der Waals surface area contributed by atoms with E-state index in [4.69, 9.17) is 0 Å². The van der Waals surface area contributed by atoms with Crippen molar-refractivity contribution in [2.45, 2.75) is 37.6 Å². The molecule has 16 heavy (non-hydrogen) atoms. The average Bonchev–Trinajstić information content (AvgIpc) is 2.85. The lowest BCUT2D eigenvalue weighted by molar-refractivity contribution is -0.144. The van der Waals surface area contributed by atoms with Crippen molar-refractivity contribution in [3.63, 3.8) is 0 Å². The molecule has 86 valence electrons. The minimum Gasteiger partial charge on any atom is -0.481 e. The van der Waals surface area contributed by atoms with E-state index in [0.717, 1.165) is 18.5 Å². The molecule has 1 aliphatic rings. The van der Waals surface area contributed by atoms with Crippen LogP contribution in [0.5, 0.6) is 0 Å². The normalized spacial score (nSPS) is 18.5. The number of rotatable bonds is 4. The predicted molar refractivity (Wildman–Crippen MR) is 60.2 cm³/mol. The van der Waals surface area contributed by atoms with Crippen LogP contribution >= 0.6 is 0 Å². The number of aliphatic carboxylic acids is 1. The van der Waals surface area contributed by atoms with E-state index in [1.54, 1.807) is 17.0 Å². The lowest BCUT2D eigenvalue weighted by Crippen LogP contribution is -2.35. The summed E-state index contributed by atoms with van der Waals surface area (Å²) in [7, 11) is 0.